The van der Waals surface area contributed by atoms with Crippen LogP contribution in [0.4, 0.5) is 5.13 Å². The summed E-state index contributed by atoms with van der Waals surface area (Å²) in [5.41, 5.74) is 11.2. The standard InChI is InChI=1S/C14H13N5O3S/c15-13(16)19-14-18-9(7-23-14)10-4-3-8(22-10)6-17-12(20)11-2-1-5-21-11/h1-5,7H,6H2,(H,17,20)(H4,15,16,18,19). The Morgan fingerprint density at radius 1 is 1.35 bits per heavy atom. The normalized spacial score (nSPS) is 10.4. The van der Waals surface area contributed by atoms with E-state index in [0.717, 1.165) is 0 Å². The Hall–Kier alpha value is -3.07. The highest BCUT2D eigenvalue weighted by atomic mass is 32.1. The van der Waals surface area contributed by atoms with Gasteiger partial charge in [-0.1, -0.05) is 0 Å². The number of aromatic nitrogens is 1. The number of thiazole rings is 1. The number of aliphatic imine (C=N–C) groups is 1. The summed E-state index contributed by atoms with van der Waals surface area (Å²) in [6.07, 6.45) is 1.44. The van der Waals surface area contributed by atoms with Crippen LogP contribution in [-0.4, -0.2) is 16.9 Å². The van der Waals surface area contributed by atoms with Crippen LogP contribution in [0.3, 0.4) is 0 Å². The monoisotopic (exact) mass is 331 g/mol. The van der Waals surface area contributed by atoms with Crippen molar-refractivity contribution in [2.45, 2.75) is 6.54 Å². The van der Waals surface area contributed by atoms with E-state index in [1.165, 1.54) is 17.6 Å². The van der Waals surface area contributed by atoms with Crippen LogP contribution in [0.15, 0.2) is 49.7 Å². The highest BCUT2D eigenvalue weighted by Gasteiger charge is 2.11. The second-order valence-corrected chi connectivity index (χ2v) is 5.31. The number of nitrogens with zero attached hydrogens (tertiary/aromatic N) is 2. The Balaban J connectivity index is 1.65. The van der Waals surface area contributed by atoms with E-state index in [4.69, 9.17) is 20.3 Å². The summed E-state index contributed by atoms with van der Waals surface area (Å²) in [7, 11) is 0. The lowest BCUT2D eigenvalue weighted by atomic mass is 10.3. The van der Waals surface area contributed by atoms with Gasteiger partial charge in [-0.25, -0.2) is 4.98 Å². The summed E-state index contributed by atoms with van der Waals surface area (Å²) in [4.78, 5) is 19.9. The maximum absolute atomic E-state index is 11.8. The minimum Gasteiger partial charge on any atom is -0.459 e. The van der Waals surface area contributed by atoms with Crippen molar-refractivity contribution in [1.29, 1.82) is 0 Å². The molecule has 0 saturated carbocycles. The van der Waals surface area contributed by atoms with Crippen LogP contribution >= 0.6 is 11.3 Å². The summed E-state index contributed by atoms with van der Waals surface area (Å²) in [6.45, 7) is 0.241. The highest BCUT2D eigenvalue weighted by Crippen LogP contribution is 2.27. The van der Waals surface area contributed by atoms with Gasteiger partial charge in [0.1, 0.15) is 11.5 Å². The fraction of sp³-hybridized carbons (Fsp3) is 0.0714. The molecule has 0 bridgehead atoms. The molecule has 0 spiro atoms. The first-order chi connectivity index (χ1) is 11.1. The average molecular weight is 331 g/mol. The molecular formula is C14H13N5O3S. The second kappa shape index (κ2) is 6.36. The number of carbonyl (C=O) groups excluding carboxylic acids is 1. The predicted octanol–water partition coefficient (Wildman–Crippen LogP) is 1.83. The Kier molecular flexibility index (Phi) is 4.11. The van der Waals surface area contributed by atoms with Crippen molar-refractivity contribution in [3.63, 3.8) is 0 Å². The third kappa shape index (κ3) is 3.58. The highest BCUT2D eigenvalue weighted by molar-refractivity contribution is 7.13. The summed E-state index contributed by atoms with van der Waals surface area (Å²) in [5.74, 6) is 1.05. The molecule has 5 N–H and O–H groups in total. The maximum atomic E-state index is 11.8. The van der Waals surface area contributed by atoms with E-state index >= 15 is 0 Å². The molecule has 8 nitrogen and oxygen atoms in total. The molecule has 9 heteroatoms. The summed E-state index contributed by atoms with van der Waals surface area (Å²) in [6, 6.07) is 6.76. The Labute approximate surface area is 134 Å². The van der Waals surface area contributed by atoms with Gasteiger partial charge in [0.05, 0.1) is 12.8 Å². The zero-order chi connectivity index (χ0) is 16.2. The van der Waals surface area contributed by atoms with Gasteiger partial charge in [-0.05, 0) is 24.3 Å². The molecule has 0 atom stereocenters. The van der Waals surface area contributed by atoms with Crippen molar-refractivity contribution < 1.29 is 13.6 Å². The molecule has 0 fully saturated rings. The van der Waals surface area contributed by atoms with Gasteiger partial charge >= 0.3 is 0 Å². The number of amides is 1. The Morgan fingerprint density at radius 3 is 2.96 bits per heavy atom. The third-order valence-corrected chi connectivity index (χ3v) is 3.53. The van der Waals surface area contributed by atoms with E-state index in [2.05, 4.69) is 15.3 Å². The lowest BCUT2D eigenvalue weighted by Crippen LogP contribution is -2.21. The number of carbonyl (C=O) groups is 1. The van der Waals surface area contributed by atoms with Crippen LogP contribution in [-0.2, 0) is 6.54 Å². The molecule has 23 heavy (non-hydrogen) atoms. The average Bonchev–Trinajstić information content (AvgIpc) is 3.25. The molecule has 0 radical (unpaired) electrons. The van der Waals surface area contributed by atoms with Crippen molar-refractivity contribution >= 4 is 28.3 Å². The van der Waals surface area contributed by atoms with Crippen molar-refractivity contribution in [2.24, 2.45) is 16.5 Å². The van der Waals surface area contributed by atoms with Crippen LogP contribution in [0.1, 0.15) is 16.3 Å². The molecule has 3 rings (SSSR count). The minimum absolute atomic E-state index is 0.0494. The maximum Gasteiger partial charge on any atom is 0.287 e. The fourth-order valence-electron chi connectivity index (χ4n) is 1.81. The summed E-state index contributed by atoms with van der Waals surface area (Å²) >= 11 is 1.30. The van der Waals surface area contributed by atoms with Gasteiger partial charge in [0.15, 0.2) is 17.5 Å². The fourth-order valence-corrected chi connectivity index (χ4v) is 2.51. The zero-order valence-corrected chi connectivity index (χ0v) is 12.7. The lowest BCUT2D eigenvalue weighted by molar-refractivity contribution is 0.0920. The van der Waals surface area contributed by atoms with Gasteiger partial charge in [-0.3, -0.25) is 4.79 Å². The van der Waals surface area contributed by atoms with E-state index < -0.39 is 0 Å². The first kappa shape index (κ1) is 14.9. The molecule has 1 amide bonds. The number of nitrogens with one attached hydrogen (secondary N) is 1. The van der Waals surface area contributed by atoms with E-state index in [1.807, 2.05) is 0 Å². The van der Waals surface area contributed by atoms with Crippen LogP contribution < -0.4 is 16.8 Å². The van der Waals surface area contributed by atoms with Gasteiger partial charge in [-0.15, -0.1) is 11.3 Å². The van der Waals surface area contributed by atoms with E-state index in [0.29, 0.717) is 22.3 Å². The number of hydrogen-bond donors (Lipinski definition) is 3. The first-order valence-electron chi connectivity index (χ1n) is 6.58. The minimum atomic E-state index is -0.309. The second-order valence-electron chi connectivity index (χ2n) is 4.48. The van der Waals surface area contributed by atoms with Crippen molar-refractivity contribution in [2.75, 3.05) is 0 Å². The van der Waals surface area contributed by atoms with Crippen molar-refractivity contribution in [1.82, 2.24) is 10.3 Å². The number of furan rings is 2. The first-order valence-corrected chi connectivity index (χ1v) is 7.46. The topological polar surface area (TPSA) is 133 Å². The van der Waals surface area contributed by atoms with Crippen LogP contribution in [0.5, 0.6) is 0 Å². The van der Waals surface area contributed by atoms with Crippen LogP contribution in [0, 0.1) is 0 Å². The summed E-state index contributed by atoms with van der Waals surface area (Å²) < 4.78 is 10.7. The van der Waals surface area contributed by atoms with Gasteiger partial charge in [0.25, 0.3) is 5.91 Å². The predicted molar refractivity (Wildman–Crippen MR) is 85.2 cm³/mol. The molecule has 3 aromatic rings. The number of hydrogen-bond acceptors (Lipinski definition) is 6. The summed E-state index contributed by atoms with van der Waals surface area (Å²) in [5, 5.41) is 4.93. The van der Waals surface area contributed by atoms with Gasteiger partial charge in [0.2, 0.25) is 5.13 Å². The van der Waals surface area contributed by atoms with Gasteiger partial charge < -0.3 is 25.6 Å². The van der Waals surface area contributed by atoms with Gasteiger partial charge in [0, 0.05) is 5.38 Å². The molecule has 0 aliphatic heterocycles. The molecular weight excluding hydrogens is 318 g/mol. The molecule has 0 unspecified atom stereocenters. The van der Waals surface area contributed by atoms with E-state index in [9.17, 15) is 4.79 Å². The van der Waals surface area contributed by atoms with E-state index in [-0.39, 0.29) is 24.2 Å². The molecule has 0 aliphatic rings. The van der Waals surface area contributed by atoms with Crippen LogP contribution in [0.25, 0.3) is 11.5 Å². The van der Waals surface area contributed by atoms with Crippen LogP contribution in [0.2, 0.25) is 0 Å². The molecule has 3 aromatic heterocycles. The number of rotatable bonds is 5. The number of guanidine groups is 1. The smallest absolute Gasteiger partial charge is 0.287 e. The molecule has 118 valence electrons. The van der Waals surface area contributed by atoms with Crippen molar-refractivity contribution in [3.05, 3.63) is 47.4 Å². The number of nitrogens with two attached hydrogens (primary N) is 2. The zero-order valence-electron chi connectivity index (χ0n) is 11.9. The molecule has 0 aliphatic carbocycles. The molecule has 0 aromatic carbocycles. The molecule has 3 heterocycles. The van der Waals surface area contributed by atoms with Crippen molar-refractivity contribution in [3.8, 4) is 11.5 Å². The van der Waals surface area contributed by atoms with E-state index in [1.54, 1.807) is 29.6 Å². The Morgan fingerprint density at radius 2 is 2.22 bits per heavy atom. The van der Waals surface area contributed by atoms with Gasteiger partial charge in [-0.2, -0.15) is 4.99 Å². The lowest BCUT2D eigenvalue weighted by Gasteiger charge is -1.99. The SMILES string of the molecule is NC(N)=Nc1nc(-c2ccc(CNC(=O)c3ccco3)o2)cs1. The third-order valence-electron chi connectivity index (χ3n) is 2.80. The molecule has 0 saturated heterocycles. The Bertz CT molecular complexity index is 830. The quantitative estimate of drug-likeness (QED) is 0.482. The largest absolute Gasteiger partial charge is 0.459 e.